The standard InChI is InChI=1S/C8H8N2O4/c9-6-3-1-5(2-4-6)7(11)13-14-8(10)12/h1-4H,9H2,(H2,10,12). The maximum atomic E-state index is 11.1. The summed E-state index contributed by atoms with van der Waals surface area (Å²) in [5, 5.41) is 0. The van der Waals surface area contributed by atoms with Crippen LogP contribution < -0.4 is 11.5 Å². The minimum atomic E-state index is -1.19. The SMILES string of the molecule is NC(=O)OOC(=O)c1ccc(N)cc1. The van der Waals surface area contributed by atoms with Gasteiger partial charge in [-0.05, 0) is 24.3 Å². The summed E-state index contributed by atoms with van der Waals surface area (Å²) in [6, 6.07) is 5.89. The van der Waals surface area contributed by atoms with Crippen molar-refractivity contribution in [2.75, 3.05) is 5.73 Å². The predicted octanol–water partition coefficient (Wildman–Crippen LogP) is 0.436. The molecule has 6 nitrogen and oxygen atoms in total. The molecule has 0 aliphatic rings. The van der Waals surface area contributed by atoms with E-state index in [9.17, 15) is 9.59 Å². The first-order chi connectivity index (χ1) is 6.59. The van der Waals surface area contributed by atoms with Gasteiger partial charge in [-0.15, -0.1) is 0 Å². The Morgan fingerprint density at radius 2 is 1.64 bits per heavy atom. The Morgan fingerprint density at radius 1 is 1.07 bits per heavy atom. The third-order valence-electron chi connectivity index (χ3n) is 1.35. The molecule has 0 heterocycles. The molecule has 0 spiro atoms. The summed E-state index contributed by atoms with van der Waals surface area (Å²) in [5.74, 6) is -0.816. The lowest BCUT2D eigenvalue weighted by Gasteiger charge is -2.00. The highest BCUT2D eigenvalue weighted by Crippen LogP contribution is 2.06. The van der Waals surface area contributed by atoms with Crippen LogP contribution in [-0.2, 0) is 9.78 Å². The topological polar surface area (TPSA) is 105 Å². The summed E-state index contributed by atoms with van der Waals surface area (Å²) >= 11 is 0. The number of benzene rings is 1. The van der Waals surface area contributed by atoms with E-state index < -0.39 is 12.1 Å². The normalized spacial score (nSPS) is 9.14. The number of hydrogen-bond acceptors (Lipinski definition) is 5. The first kappa shape index (κ1) is 9.85. The quantitative estimate of drug-likeness (QED) is 0.385. The minimum Gasteiger partial charge on any atom is -0.399 e. The van der Waals surface area contributed by atoms with Crippen molar-refractivity contribution in [3.63, 3.8) is 0 Å². The van der Waals surface area contributed by atoms with E-state index in [4.69, 9.17) is 5.73 Å². The maximum absolute atomic E-state index is 11.1. The average Bonchev–Trinajstić information content (AvgIpc) is 2.15. The van der Waals surface area contributed by atoms with Crippen molar-refractivity contribution in [1.82, 2.24) is 0 Å². The Labute approximate surface area is 79.3 Å². The summed E-state index contributed by atoms with van der Waals surface area (Å²) in [6.07, 6.45) is -1.19. The molecule has 0 saturated carbocycles. The molecule has 0 aromatic heterocycles. The maximum Gasteiger partial charge on any atom is 0.447 e. The Morgan fingerprint density at radius 3 is 2.14 bits per heavy atom. The van der Waals surface area contributed by atoms with E-state index in [0.717, 1.165) is 0 Å². The number of carbonyl (C=O) groups excluding carboxylic acids is 2. The lowest BCUT2D eigenvalue weighted by Crippen LogP contribution is -2.16. The first-order valence-electron chi connectivity index (χ1n) is 3.63. The van der Waals surface area contributed by atoms with Crippen LogP contribution in [0.4, 0.5) is 10.5 Å². The van der Waals surface area contributed by atoms with Crippen LogP contribution in [-0.4, -0.2) is 12.1 Å². The molecule has 14 heavy (non-hydrogen) atoms. The zero-order valence-corrected chi connectivity index (χ0v) is 7.10. The highest BCUT2D eigenvalue weighted by atomic mass is 17.2. The lowest BCUT2D eigenvalue weighted by atomic mass is 10.2. The minimum absolute atomic E-state index is 0.209. The van der Waals surface area contributed by atoms with Gasteiger partial charge in [-0.1, -0.05) is 0 Å². The van der Waals surface area contributed by atoms with E-state index in [-0.39, 0.29) is 5.56 Å². The molecule has 0 radical (unpaired) electrons. The highest BCUT2D eigenvalue weighted by molar-refractivity contribution is 5.89. The molecule has 1 amide bonds. The van der Waals surface area contributed by atoms with E-state index in [1.807, 2.05) is 0 Å². The molecule has 0 aliphatic heterocycles. The molecule has 0 unspecified atom stereocenters. The smallest absolute Gasteiger partial charge is 0.399 e. The van der Waals surface area contributed by atoms with Crippen LogP contribution in [0.15, 0.2) is 24.3 Å². The first-order valence-corrected chi connectivity index (χ1v) is 3.63. The van der Waals surface area contributed by atoms with Crippen molar-refractivity contribution in [3.8, 4) is 0 Å². The molecule has 1 aromatic rings. The third kappa shape index (κ3) is 2.67. The van der Waals surface area contributed by atoms with Gasteiger partial charge in [0.05, 0.1) is 5.56 Å². The van der Waals surface area contributed by atoms with Crippen molar-refractivity contribution in [1.29, 1.82) is 0 Å². The average molecular weight is 196 g/mol. The van der Waals surface area contributed by atoms with Crippen LogP contribution in [0.2, 0.25) is 0 Å². The summed E-state index contributed by atoms with van der Waals surface area (Å²) in [5.41, 5.74) is 10.7. The van der Waals surface area contributed by atoms with E-state index in [1.165, 1.54) is 24.3 Å². The Balaban J connectivity index is 2.61. The molecule has 0 saturated heterocycles. The molecule has 4 N–H and O–H groups in total. The van der Waals surface area contributed by atoms with E-state index in [1.54, 1.807) is 0 Å². The monoisotopic (exact) mass is 196 g/mol. The van der Waals surface area contributed by atoms with E-state index in [2.05, 4.69) is 15.5 Å². The summed E-state index contributed by atoms with van der Waals surface area (Å²) < 4.78 is 0. The number of hydrogen-bond donors (Lipinski definition) is 2. The van der Waals surface area contributed by atoms with E-state index >= 15 is 0 Å². The van der Waals surface area contributed by atoms with Gasteiger partial charge in [0, 0.05) is 5.69 Å². The Kier molecular flexibility index (Phi) is 2.90. The Bertz CT molecular complexity index is 347. The Hall–Kier alpha value is -2.24. The zero-order valence-electron chi connectivity index (χ0n) is 7.10. The third-order valence-corrected chi connectivity index (χ3v) is 1.35. The van der Waals surface area contributed by atoms with Crippen molar-refractivity contribution in [2.45, 2.75) is 0 Å². The van der Waals surface area contributed by atoms with Gasteiger partial charge in [0.2, 0.25) is 0 Å². The molecule has 1 aromatic carbocycles. The van der Waals surface area contributed by atoms with Gasteiger partial charge in [-0.2, -0.15) is 0 Å². The van der Waals surface area contributed by atoms with Gasteiger partial charge in [0.15, 0.2) is 0 Å². The van der Waals surface area contributed by atoms with Crippen molar-refractivity contribution >= 4 is 17.7 Å². The zero-order chi connectivity index (χ0) is 10.6. The fourth-order valence-corrected chi connectivity index (χ4v) is 0.746. The molecular weight excluding hydrogens is 188 g/mol. The van der Waals surface area contributed by atoms with E-state index in [0.29, 0.717) is 5.69 Å². The molecular formula is C8H8N2O4. The second-order valence-corrected chi connectivity index (χ2v) is 2.40. The van der Waals surface area contributed by atoms with Crippen LogP contribution in [0, 0.1) is 0 Å². The van der Waals surface area contributed by atoms with Gasteiger partial charge in [-0.3, -0.25) is 0 Å². The van der Waals surface area contributed by atoms with Gasteiger partial charge >= 0.3 is 12.1 Å². The van der Waals surface area contributed by atoms with Crippen molar-refractivity contribution in [2.24, 2.45) is 5.73 Å². The van der Waals surface area contributed by atoms with Crippen LogP contribution in [0.1, 0.15) is 10.4 Å². The lowest BCUT2D eigenvalue weighted by molar-refractivity contribution is -0.180. The van der Waals surface area contributed by atoms with Crippen LogP contribution in [0.25, 0.3) is 0 Å². The predicted molar refractivity (Wildman–Crippen MR) is 46.9 cm³/mol. The number of anilines is 1. The fraction of sp³-hybridized carbons (Fsp3) is 0. The van der Waals surface area contributed by atoms with Gasteiger partial charge < -0.3 is 11.5 Å². The fourth-order valence-electron chi connectivity index (χ4n) is 0.746. The molecule has 0 fully saturated rings. The summed E-state index contributed by atoms with van der Waals surface area (Å²) in [4.78, 5) is 29.1. The van der Waals surface area contributed by atoms with Crippen LogP contribution >= 0.6 is 0 Å². The summed E-state index contributed by atoms with van der Waals surface area (Å²) in [6.45, 7) is 0. The molecule has 0 aliphatic carbocycles. The molecule has 74 valence electrons. The number of carbonyl (C=O) groups is 2. The number of nitrogens with two attached hydrogens (primary N) is 2. The van der Waals surface area contributed by atoms with Crippen molar-refractivity contribution < 1.29 is 19.4 Å². The number of primary amides is 1. The largest absolute Gasteiger partial charge is 0.447 e. The number of amides is 1. The molecule has 1 rings (SSSR count). The van der Waals surface area contributed by atoms with Gasteiger partial charge in [-0.25, -0.2) is 19.4 Å². The van der Waals surface area contributed by atoms with Crippen LogP contribution in [0.5, 0.6) is 0 Å². The summed E-state index contributed by atoms with van der Waals surface area (Å²) in [7, 11) is 0. The molecule has 6 heteroatoms. The molecule has 0 atom stereocenters. The van der Waals surface area contributed by atoms with Crippen LogP contribution in [0.3, 0.4) is 0 Å². The second-order valence-electron chi connectivity index (χ2n) is 2.40. The van der Waals surface area contributed by atoms with Gasteiger partial charge in [0.25, 0.3) is 0 Å². The van der Waals surface area contributed by atoms with Crippen molar-refractivity contribution in [3.05, 3.63) is 29.8 Å². The second kappa shape index (κ2) is 4.13. The van der Waals surface area contributed by atoms with Gasteiger partial charge in [0.1, 0.15) is 0 Å². The highest BCUT2D eigenvalue weighted by Gasteiger charge is 2.09. The number of rotatable bonds is 1. The number of nitrogen functional groups attached to an aromatic ring is 1. The molecule has 0 bridgehead atoms.